The Morgan fingerprint density at radius 2 is 1.96 bits per heavy atom. The molecule has 1 aliphatic heterocycles. The molecule has 4 rings (SSSR count). The molecule has 0 amide bonds. The second-order valence-electron chi connectivity index (χ2n) is 6.92. The first-order valence-corrected chi connectivity index (χ1v) is 9.86. The molecule has 3 aromatic rings. The lowest BCUT2D eigenvalue weighted by Crippen LogP contribution is -3.11. The van der Waals surface area contributed by atoms with Crippen molar-refractivity contribution in [2.75, 3.05) is 13.1 Å². The van der Waals surface area contributed by atoms with E-state index in [1.807, 2.05) is 30.3 Å². The Kier molecular flexibility index (Phi) is 5.11. The Morgan fingerprint density at radius 3 is 2.68 bits per heavy atom. The molecule has 2 heterocycles. The minimum absolute atomic E-state index is 0.242. The smallest absolute Gasteiger partial charge is 0.106 e. The van der Waals surface area contributed by atoms with E-state index in [1.54, 1.807) is 18.2 Å². The monoisotopic (exact) mass is 412 g/mol. The van der Waals surface area contributed by atoms with Crippen LogP contribution in [0, 0.1) is 0 Å². The third kappa shape index (κ3) is 3.39. The number of hydrogen-bond donors (Lipinski definition) is 1. The minimum Gasteiger partial charge on any atom is -0.545 e. The molecule has 4 nitrogen and oxygen atoms in total. The molecule has 0 fully saturated rings. The number of carbonyl (C=O) groups is 1. The number of benzene rings is 2. The van der Waals surface area contributed by atoms with Crippen molar-refractivity contribution in [1.29, 1.82) is 0 Å². The quantitative estimate of drug-likeness (QED) is 0.719. The maximum absolute atomic E-state index is 12.0. The zero-order valence-electron chi connectivity index (χ0n) is 15.3. The molecule has 1 atom stereocenters. The fourth-order valence-electron chi connectivity index (χ4n) is 3.76. The zero-order valence-corrected chi connectivity index (χ0v) is 16.8. The standard InChI is InChI=1S/C22H18Cl2N2O2/c1-2-26-11-14(9-13-7-8-17(23)18(24)10-13)21-16(12-26)20(22(27)28)15-5-3-4-6-19(15)25-21/h3-10H,2,11-12H2,1H3,(H,27,28)/b14-9+. The van der Waals surface area contributed by atoms with Crippen LogP contribution in [-0.4, -0.2) is 24.0 Å². The van der Waals surface area contributed by atoms with Crippen molar-refractivity contribution in [3.05, 3.63) is 74.9 Å². The van der Waals surface area contributed by atoms with E-state index >= 15 is 0 Å². The van der Waals surface area contributed by atoms with E-state index in [-0.39, 0.29) is 5.56 Å². The number of aromatic nitrogens is 1. The van der Waals surface area contributed by atoms with Gasteiger partial charge in [-0.3, -0.25) is 0 Å². The third-order valence-electron chi connectivity index (χ3n) is 5.15. The number of nitrogens with one attached hydrogen (secondary N) is 1. The van der Waals surface area contributed by atoms with Crippen LogP contribution in [0.15, 0.2) is 42.5 Å². The van der Waals surface area contributed by atoms with Crippen LogP contribution >= 0.6 is 23.2 Å². The molecule has 0 bridgehead atoms. The van der Waals surface area contributed by atoms with Gasteiger partial charge in [-0.25, -0.2) is 4.98 Å². The number of quaternary nitrogens is 1. The second kappa shape index (κ2) is 7.55. The Labute approximate surface area is 173 Å². The summed E-state index contributed by atoms with van der Waals surface area (Å²) >= 11 is 12.2. The first-order chi connectivity index (χ1) is 13.5. The number of rotatable bonds is 3. The highest BCUT2D eigenvalue weighted by atomic mass is 35.5. The van der Waals surface area contributed by atoms with Gasteiger partial charge in [0.1, 0.15) is 13.1 Å². The summed E-state index contributed by atoms with van der Waals surface area (Å²) in [4.78, 5) is 18.1. The minimum atomic E-state index is -1.17. The average Bonchev–Trinajstić information content (AvgIpc) is 2.68. The molecular weight excluding hydrogens is 395 g/mol. The summed E-state index contributed by atoms with van der Waals surface area (Å²) in [6.07, 6.45) is 2.01. The third-order valence-corrected chi connectivity index (χ3v) is 5.89. The van der Waals surface area contributed by atoms with Crippen molar-refractivity contribution in [3.8, 4) is 0 Å². The molecule has 6 heteroatoms. The van der Waals surface area contributed by atoms with Gasteiger partial charge >= 0.3 is 0 Å². The van der Waals surface area contributed by atoms with Crippen LogP contribution in [0.5, 0.6) is 0 Å². The molecule has 0 spiro atoms. The van der Waals surface area contributed by atoms with Gasteiger partial charge in [0.2, 0.25) is 0 Å². The lowest BCUT2D eigenvalue weighted by molar-refractivity contribution is -0.905. The molecule has 0 aliphatic carbocycles. The Bertz CT molecular complexity index is 1120. The summed E-state index contributed by atoms with van der Waals surface area (Å²) < 4.78 is 0. The number of fused-ring (bicyclic) bond motifs is 2. The number of carboxylic acids is 1. The van der Waals surface area contributed by atoms with Gasteiger partial charge in [0.25, 0.3) is 0 Å². The van der Waals surface area contributed by atoms with E-state index in [2.05, 4.69) is 6.92 Å². The number of carboxylic acid groups (broad SMARTS) is 1. The van der Waals surface area contributed by atoms with Crippen molar-refractivity contribution in [1.82, 2.24) is 4.98 Å². The normalized spacial score (nSPS) is 17.7. The molecule has 0 radical (unpaired) electrons. The lowest BCUT2D eigenvalue weighted by Gasteiger charge is -2.29. The fraction of sp³-hybridized carbons (Fsp3) is 0.182. The van der Waals surface area contributed by atoms with Crippen LogP contribution in [-0.2, 0) is 6.54 Å². The molecule has 1 unspecified atom stereocenters. The van der Waals surface area contributed by atoms with Crippen molar-refractivity contribution >= 4 is 51.7 Å². The van der Waals surface area contributed by atoms with E-state index in [0.29, 0.717) is 27.5 Å². The summed E-state index contributed by atoms with van der Waals surface area (Å²) in [5.74, 6) is -1.17. The van der Waals surface area contributed by atoms with Crippen LogP contribution in [0.25, 0.3) is 22.6 Å². The van der Waals surface area contributed by atoms with Crippen molar-refractivity contribution in [2.45, 2.75) is 13.5 Å². The second-order valence-corrected chi connectivity index (χ2v) is 7.73. The summed E-state index contributed by atoms with van der Waals surface area (Å²) in [6, 6.07) is 12.7. The summed E-state index contributed by atoms with van der Waals surface area (Å²) in [5.41, 5.74) is 4.23. The van der Waals surface area contributed by atoms with E-state index < -0.39 is 5.97 Å². The SMILES string of the molecule is CC[NH+]1C/C(=C\c2ccc(Cl)c(Cl)c2)c2nc3ccccc3c(C(=O)[O-])c2C1. The van der Waals surface area contributed by atoms with Crippen molar-refractivity contribution < 1.29 is 14.8 Å². The Hall–Kier alpha value is -2.40. The van der Waals surface area contributed by atoms with Crippen LogP contribution in [0.1, 0.15) is 34.1 Å². The number of para-hydroxylation sites is 1. The topological polar surface area (TPSA) is 57.5 Å². The highest BCUT2D eigenvalue weighted by Gasteiger charge is 2.28. The Morgan fingerprint density at radius 1 is 1.18 bits per heavy atom. The van der Waals surface area contributed by atoms with Crippen LogP contribution in [0.3, 0.4) is 0 Å². The number of pyridine rings is 1. The number of nitrogens with zero attached hydrogens (tertiary/aromatic N) is 1. The number of halogens is 2. The van der Waals surface area contributed by atoms with Crippen LogP contribution in [0.4, 0.5) is 0 Å². The van der Waals surface area contributed by atoms with Gasteiger partial charge in [-0.1, -0.05) is 47.5 Å². The van der Waals surface area contributed by atoms with Crippen LogP contribution in [0.2, 0.25) is 10.0 Å². The first kappa shape index (κ1) is 18.9. The predicted molar refractivity (Wildman–Crippen MR) is 110 cm³/mol. The van der Waals surface area contributed by atoms with Crippen molar-refractivity contribution in [3.63, 3.8) is 0 Å². The molecule has 142 valence electrons. The zero-order chi connectivity index (χ0) is 19.8. The number of likely N-dealkylation sites (N-methyl/N-ethyl adjacent to an activating group) is 1. The molecule has 28 heavy (non-hydrogen) atoms. The number of carbonyl (C=O) groups excluding carboxylic acids is 1. The average molecular weight is 413 g/mol. The van der Waals surface area contributed by atoms with Crippen LogP contribution < -0.4 is 10.0 Å². The van der Waals surface area contributed by atoms with Crippen molar-refractivity contribution in [2.24, 2.45) is 0 Å². The van der Waals surface area contributed by atoms with E-state index in [0.717, 1.165) is 35.5 Å². The summed E-state index contributed by atoms with van der Waals surface area (Å²) in [7, 11) is 0. The van der Waals surface area contributed by atoms with Gasteiger partial charge in [-0.05, 0) is 36.8 Å². The molecule has 2 aromatic carbocycles. The molecule has 0 saturated carbocycles. The largest absolute Gasteiger partial charge is 0.545 e. The summed E-state index contributed by atoms with van der Waals surface area (Å²) in [5, 5.41) is 13.6. The fourth-order valence-corrected chi connectivity index (χ4v) is 4.07. The predicted octanol–water partition coefficient (Wildman–Crippen LogP) is 2.86. The maximum atomic E-state index is 12.0. The number of hydrogen-bond acceptors (Lipinski definition) is 3. The van der Waals surface area contributed by atoms with E-state index in [9.17, 15) is 9.90 Å². The van der Waals surface area contributed by atoms with Gasteiger partial charge in [0, 0.05) is 22.1 Å². The molecule has 0 saturated heterocycles. The molecule has 1 N–H and O–H groups in total. The highest BCUT2D eigenvalue weighted by molar-refractivity contribution is 6.42. The molecular formula is C22H18Cl2N2O2. The first-order valence-electron chi connectivity index (χ1n) is 9.10. The number of aromatic carboxylic acids is 1. The van der Waals surface area contributed by atoms with Gasteiger partial charge < -0.3 is 14.8 Å². The Balaban J connectivity index is 1.97. The summed E-state index contributed by atoms with van der Waals surface area (Å²) in [6.45, 7) is 4.31. The highest BCUT2D eigenvalue weighted by Crippen LogP contribution is 2.31. The van der Waals surface area contributed by atoms with Gasteiger partial charge in [0.05, 0.1) is 33.8 Å². The van der Waals surface area contributed by atoms with Gasteiger partial charge in [0.15, 0.2) is 0 Å². The van der Waals surface area contributed by atoms with Gasteiger partial charge in [-0.2, -0.15) is 0 Å². The van der Waals surface area contributed by atoms with E-state index in [4.69, 9.17) is 28.2 Å². The van der Waals surface area contributed by atoms with E-state index in [1.165, 1.54) is 4.90 Å². The van der Waals surface area contributed by atoms with Gasteiger partial charge in [-0.15, -0.1) is 0 Å². The molecule has 1 aromatic heterocycles. The molecule has 1 aliphatic rings. The maximum Gasteiger partial charge on any atom is 0.106 e. The lowest BCUT2D eigenvalue weighted by atomic mass is 9.92.